The second-order valence-electron chi connectivity index (χ2n) is 4.27. The molecule has 1 unspecified atom stereocenters. The van der Waals surface area contributed by atoms with Crippen molar-refractivity contribution >= 4 is 18.4 Å². The molecule has 0 spiro atoms. The van der Waals surface area contributed by atoms with Crippen molar-refractivity contribution in [2.24, 2.45) is 0 Å². The minimum atomic E-state index is -0.885. The molecule has 0 bridgehead atoms. The van der Waals surface area contributed by atoms with Gasteiger partial charge in [-0.2, -0.15) is 0 Å². The van der Waals surface area contributed by atoms with Crippen molar-refractivity contribution in [3.63, 3.8) is 0 Å². The Kier molecular flexibility index (Phi) is 6.12. The molecule has 1 aromatic rings. The zero-order chi connectivity index (χ0) is 12.1. The Bertz CT molecular complexity index is 374. The van der Waals surface area contributed by atoms with E-state index in [1.165, 1.54) is 0 Å². The van der Waals surface area contributed by atoms with Gasteiger partial charge in [-0.15, -0.1) is 12.4 Å². The van der Waals surface area contributed by atoms with Crippen LogP contribution in [0.2, 0.25) is 0 Å². The molecule has 0 amide bonds. The number of nitrogens with one attached hydrogen (secondary N) is 1. The van der Waals surface area contributed by atoms with Gasteiger partial charge in [-0.25, -0.2) is 4.79 Å². The Morgan fingerprint density at radius 3 is 2.67 bits per heavy atom. The predicted molar refractivity (Wildman–Crippen MR) is 71.3 cm³/mol. The van der Waals surface area contributed by atoms with Crippen molar-refractivity contribution < 1.29 is 14.6 Å². The molecule has 1 saturated heterocycles. The molecular formula is C13H18ClNO3. The van der Waals surface area contributed by atoms with Crippen LogP contribution in [-0.2, 0) is 11.3 Å². The Hall–Kier alpha value is -1.10. The van der Waals surface area contributed by atoms with Crippen LogP contribution >= 0.6 is 12.4 Å². The van der Waals surface area contributed by atoms with Gasteiger partial charge >= 0.3 is 5.97 Å². The number of ether oxygens (including phenoxy) is 1. The molecule has 1 fully saturated rings. The summed E-state index contributed by atoms with van der Waals surface area (Å²) in [5.74, 6) is -0.885. The Morgan fingerprint density at radius 2 is 2.11 bits per heavy atom. The smallest absolute Gasteiger partial charge is 0.335 e. The molecule has 0 radical (unpaired) electrons. The van der Waals surface area contributed by atoms with Crippen LogP contribution in [0.5, 0.6) is 0 Å². The number of hydrogen-bond acceptors (Lipinski definition) is 3. The van der Waals surface area contributed by atoms with Gasteiger partial charge in [0.2, 0.25) is 0 Å². The lowest BCUT2D eigenvalue weighted by atomic mass is 10.1. The summed E-state index contributed by atoms with van der Waals surface area (Å²) in [5, 5.41) is 12.1. The lowest BCUT2D eigenvalue weighted by Crippen LogP contribution is -2.25. The molecule has 1 aliphatic heterocycles. The van der Waals surface area contributed by atoms with Crippen molar-refractivity contribution in [1.82, 2.24) is 5.32 Å². The van der Waals surface area contributed by atoms with Crippen LogP contribution in [0.25, 0.3) is 0 Å². The van der Waals surface area contributed by atoms with Crippen LogP contribution in [0.15, 0.2) is 24.3 Å². The summed E-state index contributed by atoms with van der Waals surface area (Å²) in [5.41, 5.74) is 1.42. The Balaban J connectivity index is 0.00000162. The van der Waals surface area contributed by atoms with E-state index in [1.54, 1.807) is 12.1 Å². The van der Waals surface area contributed by atoms with E-state index in [0.717, 1.165) is 38.1 Å². The van der Waals surface area contributed by atoms with Crippen molar-refractivity contribution in [2.75, 3.05) is 13.2 Å². The van der Waals surface area contributed by atoms with Crippen molar-refractivity contribution in [1.29, 1.82) is 0 Å². The minimum absolute atomic E-state index is 0. The second-order valence-corrected chi connectivity index (χ2v) is 4.27. The molecule has 0 aliphatic carbocycles. The van der Waals surface area contributed by atoms with Crippen LogP contribution in [0.1, 0.15) is 28.8 Å². The largest absolute Gasteiger partial charge is 0.478 e. The fraction of sp³-hybridized carbons (Fsp3) is 0.462. The van der Waals surface area contributed by atoms with E-state index in [2.05, 4.69) is 5.32 Å². The maximum Gasteiger partial charge on any atom is 0.335 e. The summed E-state index contributed by atoms with van der Waals surface area (Å²) in [7, 11) is 0. The molecule has 2 N–H and O–H groups in total. The maximum atomic E-state index is 10.7. The number of rotatable bonds is 5. The lowest BCUT2D eigenvalue weighted by Gasteiger charge is -2.10. The Labute approximate surface area is 113 Å². The summed E-state index contributed by atoms with van der Waals surface area (Å²) in [6, 6.07) is 6.94. The average molecular weight is 272 g/mol. The highest BCUT2D eigenvalue weighted by Gasteiger charge is 2.14. The maximum absolute atomic E-state index is 10.7. The van der Waals surface area contributed by atoms with E-state index in [9.17, 15) is 4.79 Å². The standard InChI is InChI=1S/C13H17NO3.ClH/c15-13(16)11-5-3-10(4-6-11)8-14-9-12-2-1-7-17-12;/h3-6,12,14H,1-2,7-9H2,(H,15,16);1H. The first kappa shape index (κ1) is 15.0. The van der Waals surface area contributed by atoms with E-state index >= 15 is 0 Å². The zero-order valence-electron chi connectivity index (χ0n) is 10.1. The van der Waals surface area contributed by atoms with Crippen LogP contribution in [0, 0.1) is 0 Å². The fourth-order valence-corrected chi connectivity index (χ4v) is 1.95. The number of halogens is 1. The monoisotopic (exact) mass is 271 g/mol. The quantitative estimate of drug-likeness (QED) is 0.861. The zero-order valence-corrected chi connectivity index (χ0v) is 10.9. The average Bonchev–Trinajstić information content (AvgIpc) is 2.83. The SMILES string of the molecule is Cl.O=C(O)c1ccc(CNCC2CCCO2)cc1. The van der Waals surface area contributed by atoms with Gasteiger partial charge in [-0.1, -0.05) is 12.1 Å². The van der Waals surface area contributed by atoms with Gasteiger partial charge in [0.1, 0.15) is 0 Å². The predicted octanol–water partition coefficient (Wildman–Crippen LogP) is 2.08. The number of carboxylic acid groups (broad SMARTS) is 1. The number of aromatic carboxylic acids is 1. The highest BCUT2D eigenvalue weighted by atomic mass is 35.5. The van der Waals surface area contributed by atoms with Gasteiger partial charge in [0.25, 0.3) is 0 Å². The van der Waals surface area contributed by atoms with Gasteiger partial charge in [0.05, 0.1) is 11.7 Å². The number of carbonyl (C=O) groups is 1. The Morgan fingerprint density at radius 1 is 1.39 bits per heavy atom. The van der Waals surface area contributed by atoms with Crippen LogP contribution < -0.4 is 5.32 Å². The van der Waals surface area contributed by atoms with E-state index in [-0.39, 0.29) is 12.4 Å². The highest BCUT2D eigenvalue weighted by molar-refractivity contribution is 5.87. The molecule has 1 heterocycles. The lowest BCUT2D eigenvalue weighted by molar-refractivity contribution is 0.0697. The number of hydrogen-bond donors (Lipinski definition) is 2. The van der Waals surface area contributed by atoms with Gasteiger partial charge in [0, 0.05) is 19.7 Å². The van der Waals surface area contributed by atoms with Crippen molar-refractivity contribution in [3.05, 3.63) is 35.4 Å². The molecule has 100 valence electrons. The molecule has 1 atom stereocenters. The first-order valence-electron chi connectivity index (χ1n) is 5.90. The number of benzene rings is 1. The van der Waals surface area contributed by atoms with Gasteiger partial charge in [-0.05, 0) is 30.5 Å². The third-order valence-electron chi connectivity index (χ3n) is 2.93. The van der Waals surface area contributed by atoms with Crippen molar-refractivity contribution in [3.8, 4) is 0 Å². The van der Waals surface area contributed by atoms with E-state index in [0.29, 0.717) is 11.7 Å². The molecule has 1 aliphatic rings. The minimum Gasteiger partial charge on any atom is -0.478 e. The van der Waals surface area contributed by atoms with Gasteiger partial charge < -0.3 is 15.2 Å². The summed E-state index contributed by atoms with van der Waals surface area (Å²) >= 11 is 0. The molecule has 5 heteroatoms. The molecular weight excluding hydrogens is 254 g/mol. The molecule has 0 saturated carbocycles. The summed E-state index contributed by atoms with van der Waals surface area (Å²) < 4.78 is 5.50. The molecule has 1 aromatic carbocycles. The van der Waals surface area contributed by atoms with Gasteiger partial charge in [0.15, 0.2) is 0 Å². The molecule has 18 heavy (non-hydrogen) atoms. The van der Waals surface area contributed by atoms with E-state index in [4.69, 9.17) is 9.84 Å². The van der Waals surface area contributed by atoms with Gasteiger partial charge in [-0.3, -0.25) is 0 Å². The summed E-state index contributed by atoms with van der Waals surface area (Å²) in [4.78, 5) is 10.7. The molecule has 4 nitrogen and oxygen atoms in total. The number of carboxylic acids is 1. The first-order chi connectivity index (χ1) is 8.25. The summed E-state index contributed by atoms with van der Waals surface area (Å²) in [6.45, 7) is 2.49. The molecule has 2 rings (SSSR count). The van der Waals surface area contributed by atoms with E-state index in [1.807, 2.05) is 12.1 Å². The third-order valence-corrected chi connectivity index (χ3v) is 2.93. The highest BCUT2D eigenvalue weighted by Crippen LogP contribution is 2.11. The second kappa shape index (κ2) is 7.36. The third kappa shape index (κ3) is 4.29. The first-order valence-corrected chi connectivity index (χ1v) is 5.90. The topological polar surface area (TPSA) is 58.6 Å². The van der Waals surface area contributed by atoms with Crippen LogP contribution in [0.3, 0.4) is 0 Å². The van der Waals surface area contributed by atoms with E-state index < -0.39 is 5.97 Å². The van der Waals surface area contributed by atoms with Crippen LogP contribution in [0.4, 0.5) is 0 Å². The molecule has 0 aromatic heterocycles. The normalized spacial score (nSPS) is 18.3. The van der Waals surface area contributed by atoms with Crippen molar-refractivity contribution in [2.45, 2.75) is 25.5 Å². The van der Waals surface area contributed by atoms with Crippen LogP contribution in [-0.4, -0.2) is 30.3 Å². The fourth-order valence-electron chi connectivity index (χ4n) is 1.95. The summed E-state index contributed by atoms with van der Waals surface area (Å²) in [6.07, 6.45) is 2.62.